The third-order valence-corrected chi connectivity index (χ3v) is 3.10. The van der Waals surface area contributed by atoms with Crippen molar-refractivity contribution in [3.05, 3.63) is 18.1 Å². The Bertz CT molecular complexity index is 557. The van der Waals surface area contributed by atoms with Crippen molar-refractivity contribution in [3.8, 4) is 0 Å². The van der Waals surface area contributed by atoms with Gasteiger partial charge in [0, 0.05) is 24.8 Å². The molecule has 0 saturated carbocycles. The molecular formula is C12H17N5O. The number of hydrogen-bond acceptors (Lipinski definition) is 5. The van der Waals surface area contributed by atoms with Crippen LogP contribution < -0.4 is 4.90 Å². The van der Waals surface area contributed by atoms with Crippen molar-refractivity contribution < 1.29 is 4.74 Å². The molecule has 1 fully saturated rings. The zero-order valence-corrected chi connectivity index (χ0v) is 10.9. The van der Waals surface area contributed by atoms with Crippen molar-refractivity contribution in [2.45, 2.75) is 33.0 Å². The van der Waals surface area contributed by atoms with E-state index in [4.69, 9.17) is 4.74 Å². The summed E-state index contributed by atoms with van der Waals surface area (Å²) in [5, 5.41) is 4.25. The van der Waals surface area contributed by atoms with Gasteiger partial charge in [0.05, 0.1) is 12.2 Å². The lowest BCUT2D eigenvalue weighted by molar-refractivity contribution is -0.00558. The van der Waals surface area contributed by atoms with Crippen molar-refractivity contribution in [3.63, 3.8) is 0 Å². The molecule has 2 unspecified atom stereocenters. The smallest absolute Gasteiger partial charge is 0.254 e. The molecule has 0 aromatic carbocycles. The molecule has 0 amide bonds. The Balaban J connectivity index is 2.05. The molecule has 18 heavy (non-hydrogen) atoms. The van der Waals surface area contributed by atoms with E-state index in [0.717, 1.165) is 24.6 Å². The summed E-state index contributed by atoms with van der Waals surface area (Å²) in [4.78, 5) is 10.8. The monoisotopic (exact) mass is 247 g/mol. The highest BCUT2D eigenvalue weighted by atomic mass is 16.5. The number of ether oxygens (including phenoxy) is 1. The molecule has 6 nitrogen and oxygen atoms in total. The highest BCUT2D eigenvalue weighted by Crippen LogP contribution is 2.20. The molecule has 3 rings (SSSR count). The highest BCUT2D eigenvalue weighted by Gasteiger charge is 2.24. The maximum atomic E-state index is 5.76. The molecule has 1 aliphatic rings. The Morgan fingerprint density at radius 2 is 2.00 bits per heavy atom. The molecule has 0 spiro atoms. The first-order chi connectivity index (χ1) is 8.63. The van der Waals surface area contributed by atoms with Crippen molar-refractivity contribution >= 4 is 11.6 Å². The van der Waals surface area contributed by atoms with Crippen molar-refractivity contribution in [2.75, 3.05) is 18.0 Å². The first kappa shape index (κ1) is 11.4. The van der Waals surface area contributed by atoms with Gasteiger partial charge < -0.3 is 9.64 Å². The molecule has 0 aliphatic carbocycles. The standard InChI is InChI=1S/C12H17N5O/c1-8-4-11(17-12(15-8)13-7-14-17)16-5-9(2)18-10(3)6-16/h4,7,9-10H,5-6H2,1-3H3. The first-order valence-electron chi connectivity index (χ1n) is 6.21. The lowest BCUT2D eigenvalue weighted by Crippen LogP contribution is -2.46. The maximum absolute atomic E-state index is 5.76. The van der Waals surface area contributed by atoms with Crippen LogP contribution in [0.15, 0.2) is 12.4 Å². The Labute approximate surface area is 106 Å². The molecule has 0 radical (unpaired) electrons. The van der Waals surface area contributed by atoms with Gasteiger partial charge >= 0.3 is 0 Å². The minimum absolute atomic E-state index is 0.223. The molecule has 0 N–H and O–H groups in total. The van der Waals surface area contributed by atoms with E-state index >= 15 is 0 Å². The number of aryl methyl sites for hydroxylation is 1. The maximum Gasteiger partial charge on any atom is 0.254 e. The quantitative estimate of drug-likeness (QED) is 0.754. The van der Waals surface area contributed by atoms with E-state index in [-0.39, 0.29) is 12.2 Å². The summed E-state index contributed by atoms with van der Waals surface area (Å²) in [6.45, 7) is 7.89. The zero-order chi connectivity index (χ0) is 12.7. The Hall–Kier alpha value is -1.69. The van der Waals surface area contributed by atoms with E-state index in [0.29, 0.717) is 5.78 Å². The number of rotatable bonds is 1. The fourth-order valence-corrected chi connectivity index (χ4v) is 2.50. The van der Waals surface area contributed by atoms with Crippen molar-refractivity contribution in [1.82, 2.24) is 19.6 Å². The summed E-state index contributed by atoms with van der Waals surface area (Å²) in [5.74, 6) is 1.69. The van der Waals surface area contributed by atoms with Crippen LogP contribution in [0.2, 0.25) is 0 Å². The number of anilines is 1. The molecule has 3 heterocycles. The fraction of sp³-hybridized carbons (Fsp3) is 0.583. The molecule has 1 saturated heterocycles. The normalized spacial score (nSPS) is 24.7. The minimum Gasteiger partial charge on any atom is -0.372 e. The number of fused-ring (bicyclic) bond motifs is 1. The number of hydrogen-bond donors (Lipinski definition) is 0. The summed E-state index contributed by atoms with van der Waals surface area (Å²) >= 11 is 0. The van der Waals surface area contributed by atoms with Crippen LogP contribution in [0.4, 0.5) is 5.82 Å². The summed E-state index contributed by atoms with van der Waals surface area (Å²) < 4.78 is 7.55. The summed E-state index contributed by atoms with van der Waals surface area (Å²) in [6, 6.07) is 2.05. The van der Waals surface area contributed by atoms with Gasteiger partial charge in [-0.15, -0.1) is 0 Å². The van der Waals surface area contributed by atoms with Crippen LogP contribution in [0.3, 0.4) is 0 Å². The second-order valence-corrected chi connectivity index (χ2v) is 4.89. The Kier molecular flexibility index (Phi) is 2.66. The van der Waals surface area contributed by atoms with Crippen LogP contribution in [0.5, 0.6) is 0 Å². The lowest BCUT2D eigenvalue weighted by Gasteiger charge is -2.36. The molecule has 1 aliphatic heterocycles. The van der Waals surface area contributed by atoms with Gasteiger partial charge in [-0.2, -0.15) is 14.6 Å². The highest BCUT2D eigenvalue weighted by molar-refractivity contribution is 5.47. The lowest BCUT2D eigenvalue weighted by atomic mass is 10.2. The largest absolute Gasteiger partial charge is 0.372 e. The molecule has 2 atom stereocenters. The van der Waals surface area contributed by atoms with Crippen LogP contribution in [0.1, 0.15) is 19.5 Å². The molecule has 96 valence electrons. The molecule has 6 heteroatoms. The van der Waals surface area contributed by atoms with Crippen LogP contribution in [-0.4, -0.2) is 44.9 Å². The number of nitrogens with zero attached hydrogens (tertiary/aromatic N) is 5. The SMILES string of the molecule is Cc1cc(N2CC(C)OC(C)C2)n2ncnc2n1. The topological polar surface area (TPSA) is 55.6 Å². The average Bonchev–Trinajstić information content (AvgIpc) is 2.74. The summed E-state index contributed by atoms with van der Waals surface area (Å²) in [7, 11) is 0. The van der Waals surface area contributed by atoms with Gasteiger partial charge in [-0.1, -0.05) is 0 Å². The summed E-state index contributed by atoms with van der Waals surface area (Å²) in [5.41, 5.74) is 0.956. The van der Waals surface area contributed by atoms with Gasteiger partial charge in [-0.3, -0.25) is 0 Å². The van der Waals surface area contributed by atoms with E-state index in [1.165, 1.54) is 0 Å². The molecule has 2 aromatic heterocycles. The number of aromatic nitrogens is 4. The predicted molar refractivity (Wildman–Crippen MR) is 67.7 cm³/mol. The van der Waals surface area contributed by atoms with E-state index < -0.39 is 0 Å². The van der Waals surface area contributed by atoms with Gasteiger partial charge in [-0.25, -0.2) is 4.98 Å². The van der Waals surface area contributed by atoms with E-state index in [9.17, 15) is 0 Å². The van der Waals surface area contributed by atoms with Crippen LogP contribution >= 0.6 is 0 Å². The predicted octanol–water partition coefficient (Wildman–Crippen LogP) is 1.05. The molecule has 0 bridgehead atoms. The van der Waals surface area contributed by atoms with E-state index in [1.54, 1.807) is 10.8 Å². The van der Waals surface area contributed by atoms with Crippen molar-refractivity contribution in [1.29, 1.82) is 0 Å². The second-order valence-electron chi connectivity index (χ2n) is 4.89. The minimum atomic E-state index is 0.223. The Morgan fingerprint density at radius 3 is 2.72 bits per heavy atom. The molecular weight excluding hydrogens is 230 g/mol. The van der Waals surface area contributed by atoms with Crippen LogP contribution in [0, 0.1) is 6.92 Å². The number of morpholine rings is 1. The van der Waals surface area contributed by atoms with Crippen molar-refractivity contribution in [2.24, 2.45) is 0 Å². The van der Waals surface area contributed by atoms with Gasteiger partial charge in [0.25, 0.3) is 5.78 Å². The third kappa shape index (κ3) is 1.92. The zero-order valence-electron chi connectivity index (χ0n) is 10.9. The Morgan fingerprint density at radius 1 is 1.28 bits per heavy atom. The summed E-state index contributed by atoms with van der Waals surface area (Å²) in [6.07, 6.45) is 1.99. The van der Waals surface area contributed by atoms with Gasteiger partial charge in [0.2, 0.25) is 0 Å². The van der Waals surface area contributed by atoms with Gasteiger partial charge in [0.15, 0.2) is 0 Å². The second kappa shape index (κ2) is 4.20. The van der Waals surface area contributed by atoms with Gasteiger partial charge in [0.1, 0.15) is 12.1 Å². The van der Waals surface area contributed by atoms with E-state index in [1.807, 2.05) is 13.0 Å². The average molecular weight is 247 g/mol. The van der Waals surface area contributed by atoms with Crippen LogP contribution in [-0.2, 0) is 4.74 Å². The molecule has 2 aromatic rings. The van der Waals surface area contributed by atoms with E-state index in [2.05, 4.69) is 33.8 Å². The first-order valence-corrected chi connectivity index (χ1v) is 6.21. The third-order valence-electron chi connectivity index (χ3n) is 3.10. The van der Waals surface area contributed by atoms with Gasteiger partial charge in [-0.05, 0) is 20.8 Å². The fourth-order valence-electron chi connectivity index (χ4n) is 2.50. The van der Waals surface area contributed by atoms with Crippen LogP contribution in [0.25, 0.3) is 5.78 Å².